The fourth-order valence-electron chi connectivity index (χ4n) is 2.24. The van der Waals surface area contributed by atoms with Crippen LogP contribution in [0.2, 0.25) is 5.02 Å². The molecule has 0 spiro atoms. The van der Waals surface area contributed by atoms with Crippen molar-refractivity contribution in [2.75, 3.05) is 12.8 Å². The lowest BCUT2D eigenvalue weighted by atomic mass is 10.0. The van der Waals surface area contributed by atoms with E-state index in [1.165, 1.54) is 11.3 Å². The smallest absolute Gasteiger partial charge is 0.0621 e. The molecule has 1 aliphatic heterocycles. The molecular formula is C14H21ClN2S2. The summed E-state index contributed by atoms with van der Waals surface area (Å²) in [5.74, 6) is 1.21. The lowest BCUT2D eigenvalue weighted by molar-refractivity contribution is 0.554. The Bertz CT molecular complexity index is 416. The van der Waals surface area contributed by atoms with Gasteiger partial charge in [0.25, 0.3) is 0 Å². The van der Waals surface area contributed by atoms with Crippen molar-refractivity contribution < 1.29 is 0 Å². The van der Waals surface area contributed by atoms with Crippen LogP contribution in [0.3, 0.4) is 0 Å². The van der Waals surface area contributed by atoms with E-state index in [0.29, 0.717) is 16.5 Å². The molecule has 4 unspecified atom stereocenters. The van der Waals surface area contributed by atoms with Crippen molar-refractivity contribution in [1.82, 2.24) is 10.3 Å². The van der Waals surface area contributed by atoms with Gasteiger partial charge in [0.1, 0.15) is 0 Å². The molecule has 1 aromatic heterocycles. The molecule has 0 radical (unpaired) electrons. The first-order valence-corrected chi connectivity index (χ1v) is 9.01. The molecule has 0 amide bonds. The van der Waals surface area contributed by atoms with Crippen LogP contribution in [0.5, 0.6) is 0 Å². The number of pyridine rings is 1. The van der Waals surface area contributed by atoms with Crippen molar-refractivity contribution in [3.63, 3.8) is 0 Å². The lowest BCUT2D eigenvalue weighted by Gasteiger charge is -2.36. The van der Waals surface area contributed by atoms with E-state index in [9.17, 15) is 0 Å². The van der Waals surface area contributed by atoms with Crippen molar-refractivity contribution in [3.05, 3.63) is 29.0 Å². The standard InChI is InChI=1S/C14H21ClN2S2/c1-9-10(2)19-14(8-18-9)13(16-3)6-11-4-5-17-7-12(11)15/h4-5,7,9-10,13-14,16H,6,8H2,1-3H3. The third-order valence-electron chi connectivity index (χ3n) is 3.69. The van der Waals surface area contributed by atoms with Crippen molar-refractivity contribution in [2.24, 2.45) is 0 Å². The Balaban J connectivity index is 2.02. The second kappa shape index (κ2) is 7.21. The lowest BCUT2D eigenvalue weighted by Crippen LogP contribution is -2.43. The van der Waals surface area contributed by atoms with E-state index in [0.717, 1.165) is 16.7 Å². The molecule has 1 fully saturated rings. The molecule has 5 heteroatoms. The Labute approximate surface area is 129 Å². The number of halogens is 1. The number of nitrogens with zero attached hydrogens (tertiary/aromatic N) is 1. The van der Waals surface area contributed by atoms with E-state index in [-0.39, 0.29) is 0 Å². The van der Waals surface area contributed by atoms with E-state index in [2.05, 4.69) is 47.7 Å². The molecule has 0 aliphatic carbocycles. The molecular weight excluding hydrogens is 296 g/mol. The highest BCUT2D eigenvalue weighted by Gasteiger charge is 2.30. The first kappa shape index (κ1) is 15.5. The van der Waals surface area contributed by atoms with Gasteiger partial charge in [-0.2, -0.15) is 23.5 Å². The summed E-state index contributed by atoms with van der Waals surface area (Å²) < 4.78 is 0. The fraction of sp³-hybridized carbons (Fsp3) is 0.643. The highest BCUT2D eigenvalue weighted by molar-refractivity contribution is 8.07. The van der Waals surface area contributed by atoms with Crippen LogP contribution in [0.25, 0.3) is 0 Å². The zero-order valence-electron chi connectivity index (χ0n) is 11.6. The van der Waals surface area contributed by atoms with E-state index in [1.54, 1.807) is 6.20 Å². The maximum absolute atomic E-state index is 6.21. The summed E-state index contributed by atoms with van der Waals surface area (Å²) in [6.45, 7) is 4.66. The summed E-state index contributed by atoms with van der Waals surface area (Å²) in [4.78, 5) is 4.05. The van der Waals surface area contributed by atoms with Gasteiger partial charge in [0.2, 0.25) is 0 Å². The molecule has 0 bridgehead atoms. The molecule has 1 N–H and O–H groups in total. The first-order valence-electron chi connectivity index (χ1n) is 6.64. The summed E-state index contributed by atoms with van der Waals surface area (Å²) in [5.41, 5.74) is 1.19. The maximum atomic E-state index is 6.21. The Morgan fingerprint density at radius 3 is 2.89 bits per heavy atom. The predicted octanol–water partition coefficient (Wildman–Crippen LogP) is 3.49. The molecule has 4 atom stereocenters. The van der Waals surface area contributed by atoms with Crippen LogP contribution in [-0.4, -0.2) is 39.6 Å². The Hall–Kier alpha value is 0.1000. The topological polar surface area (TPSA) is 24.9 Å². The Morgan fingerprint density at radius 2 is 2.26 bits per heavy atom. The second-order valence-electron chi connectivity index (χ2n) is 4.98. The van der Waals surface area contributed by atoms with Gasteiger partial charge in [-0.25, -0.2) is 0 Å². The minimum atomic E-state index is 0.465. The molecule has 19 heavy (non-hydrogen) atoms. The second-order valence-corrected chi connectivity index (χ2v) is 8.42. The fourth-order valence-corrected chi connectivity index (χ4v) is 5.61. The highest BCUT2D eigenvalue weighted by Crippen LogP contribution is 2.37. The Kier molecular flexibility index (Phi) is 5.87. The van der Waals surface area contributed by atoms with Gasteiger partial charge in [0.15, 0.2) is 0 Å². The number of nitrogens with one attached hydrogen (secondary N) is 1. The normalized spacial score (nSPS) is 29.2. The van der Waals surface area contributed by atoms with Crippen molar-refractivity contribution in [2.45, 2.75) is 42.1 Å². The molecule has 2 heterocycles. The van der Waals surface area contributed by atoms with Crippen molar-refractivity contribution in [1.29, 1.82) is 0 Å². The van der Waals surface area contributed by atoms with E-state index < -0.39 is 0 Å². The molecule has 0 saturated carbocycles. The van der Waals surface area contributed by atoms with Crippen LogP contribution in [0, 0.1) is 0 Å². The molecule has 2 rings (SSSR count). The number of aromatic nitrogens is 1. The average Bonchev–Trinajstić information content (AvgIpc) is 2.41. The molecule has 1 aliphatic rings. The van der Waals surface area contributed by atoms with E-state index in [1.807, 2.05) is 19.3 Å². The first-order chi connectivity index (χ1) is 9.11. The zero-order valence-corrected chi connectivity index (χ0v) is 14.0. The van der Waals surface area contributed by atoms with Crippen LogP contribution in [0.4, 0.5) is 0 Å². The molecule has 0 aromatic carbocycles. The minimum Gasteiger partial charge on any atom is -0.316 e. The monoisotopic (exact) mass is 316 g/mol. The Morgan fingerprint density at radius 1 is 1.47 bits per heavy atom. The van der Waals surface area contributed by atoms with Gasteiger partial charge >= 0.3 is 0 Å². The van der Waals surface area contributed by atoms with Gasteiger partial charge in [0.05, 0.1) is 5.02 Å². The van der Waals surface area contributed by atoms with Crippen LogP contribution < -0.4 is 5.32 Å². The molecule has 2 nitrogen and oxygen atoms in total. The van der Waals surface area contributed by atoms with Gasteiger partial charge in [0, 0.05) is 39.9 Å². The molecule has 1 saturated heterocycles. The van der Waals surface area contributed by atoms with Gasteiger partial charge in [-0.15, -0.1) is 0 Å². The third-order valence-corrected chi connectivity index (χ3v) is 7.58. The summed E-state index contributed by atoms with van der Waals surface area (Å²) in [7, 11) is 2.05. The summed E-state index contributed by atoms with van der Waals surface area (Å²) in [6, 6.07) is 2.49. The van der Waals surface area contributed by atoms with Crippen LogP contribution in [0.15, 0.2) is 18.5 Å². The molecule has 106 valence electrons. The predicted molar refractivity (Wildman–Crippen MR) is 88.6 cm³/mol. The highest BCUT2D eigenvalue weighted by atomic mass is 35.5. The van der Waals surface area contributed by atoms with Crippen LogP contribution in [-0.2, 0) is 6.42 Å². The summed E-state index contributed by atoms with van der Waals surface area (Å²) in [6.07, 6.45) is 4.52. The average molecular weight is 317 g/mol. The molecule has 1 aromatic rings. The number of hydrogen-bond acceptors (Lipinski definition) is 4. The zero-order chi connectivity index (χ0) is 13.8. The van der Waals surface area contributed by atoms with E-state index >= 15 is 0 Å². The SMILES string of the molecule is CNC(Cc1ccncc1Cl)C1CSC(C)C(C)S1. The van der Waals surface area contributed by atoms with Gasteiger partial charge in [-0.1, -0.05) is 25.4 Å². The minimum absolute atomic E-state index is 0.465. The number of hydrogen-bond donors (Lipinski definition) is 1. The van der Waals surface area contributed by atoms with Crippen LogP contribution >= 0.6 is 35.1 Å². The summed E-state index contributed by atoms with van der Waals surface area (Å²) >= 11 is 10.4. The van der Waals surface area contributed by atoms with Gasteiger partial charge < -0.3 is 5.32 Å². The summed E-state index contributed by atoms with van der Waals surface area (Å²) in [5, 5.41) is 6.36. The van der Waals surface area contributed by atoms with Gasteiger partial charge in [-0.05, 0) is 25.1 Å². The largest absolute Gasteiger partial charge is 0.316 e. The number of rotatable bonds is 4. The van der Waals surface area contributed by atoms with Crippen molar-refractivity contribution in [3.8, 4) is 0 Å². The number of likely N-dealkylation sites (N-methyl/N-ethyl adjacent to an activating group) is 1. The third kappa shape index (κ3) is 4.03. The quantitative estimate of drug-likeness (QED) is 0.919. The van der Waals surface area contributed by atoms with Crippen LogP contribution in [0.1, 0.15) is 19.4 Å². The van der Waals surface area contributed by atoms with Gasteiger partial charge in [-0.3, -0.25) is 4.98 Å². The number of thioether (sulfide) groups is 2. The maximum Gasteiger partial charge on any atom is 0.0621 e. The van der Waals surface area contributed by atoms with E-state index in [4.69, 9.17) is 11.6 Å². The van der Waals surface area contributed by atoms with Crippen molar-refractivity contribution >= 4 is 35.1 Å².